The van der Waals surface area contributed by atoms with Gasteiger partial charge in [0, 0.05) is 25.8 Å². The summed E-state index contributed by atoms with van der Waals surface area (Å²) < 4.78 is 47.1. The van der Waals surface area contributed by atoms with Gasteiger partial charge < -0.3 is 14.6 Å². The van der Waals surface area contributed by atoms with Crippen molar-refractivity contribution in [1.82, 2.24) is 29.3 Å². The molecule has 184 valence electrons. The maximum Gasteiger partial charge on any atom is 0.416 e. The van der Waals surface area contributed by atoms with Gasteiger partial charge in [-0.2, -0.15) is 23.3 Å². The van der Waals surface area contributed by atoms with E-state index in [0.29, 0.717) is 73.5 Å². The fraction of sp³-hybridized carbons (Fsp3) is 0.391. The van der Waals surface area contributed by atoms with Crippen LogP contribution < -0.4 is 10.5 Å². The lowest BCUT2D eigenvalue weighted by Gasteiger charge is -2.29. The van der Waals surface area contributed by atoms with Crippen LogP contribution in [-0.2, 0) is 24.0 Å². The van der Waals surface area contributed by atoms with E-state index >= 15 is 0 Å². The van der Waals surface area contributed by atoms with Crippen molar-refractivity contribution in [3.05, 3.63) is 58.1 Å². The molecule has 9 nitrogen and oxygen atoms in total. The highest BCUT2D eigenvalue weighted by molar-refractivity contribution is 5.76. The van der Waals surface area contributed by atoms with E-state index in [1.165, 1.54) is 12.1 Å². The number of hydrogen-bond acceptors (Lipinski definition) is 6. The molecule has 1 saturated heterocycles. The van der Waals surface area contributed by atoms with Crippen LogP contribution in [0, 0.1) is 0 Å². The normalized spacial score (nSPS) is 14.7. The van der Waals surface area contributed by atoms with Gasteiger partial charge in [-0.25, -0.2) is 4.98 Å². The van der Waals surface area contributed by atoms with E-state index in [1.807, 2.05) is 11.8 Å². The predicted molar refractivity (Wildman–Crippen MR) is 123 cm³/mol. The second kappa shape index (κ2) is 9.17. The van der Waals surface area contributed by atoms with Gasteiger partial charge >= 0.3 is 6.18 Å². The third-order valence-electron chi connectivity index (χ3n) is 5.86. The molecule has 1 aliphatic rings. The Labute approximate surface area is 198 Å². The molecule has 3 aromatic heterocycles. The molecule has 1 fully saturated rings. The molecule has 1 aromatic carbocycles. The lowest BCUT2D eigenvalue weighted by Crippen LogP contribution is -2.40. The maximum absolute atomic E-state index is 13.3. The molecule has 0 bridgehead atoms. The number of rotatable bonds is 6. The summed E-state index contributed by atoms with van der Waals surface area (Å²) in [5.41, 5.74) is 1.09. The van der Waals surface area contributed by atoms with Gasteiger partial charge in [-0.05, 0) is 24.1 Å². The first kappa shape index (κ1) is 23.1. The van der Waals surface area contributed by atoms with Crippen molar-refractivity contribution in [3.8, 4) is 11.4 Å². The number of alkyl halides is 3. The van der Waals surface area contributed by atoms with Crippen LogP contribution >= 0.6 is 0 Å². The fourth-order valence-corrected chi connectivity index (χ4v) is 4.10. The van der Waals surface area contributed by atoms with Crippen molar-refractivity contribution in [3.63, 3.8) is 0 Å². The molecular weight excluding hydrogens is 463 g/mol. The summed E-state index contributed by atoms with van der Waals surface area (Å²) in [5.74, 6) is 1.04. The SMILES string of the molecule is CCCn1c(N2CCOCC2)nc2nc(-c3cnn(Cc4ccc(C(F)(F)F)cc4)c3)[nH]c2c1=O. The average Bonchev–Trinajstić information content (AvgIpc) is 3.48. The van der Waals surface area contributed by atoms with E-state index in [9.17, 15) is 18.0 Å². The van der Waals surface area contributed by atoms with E-state index in [4.69, 9.17) is 9.72 Å². The molecule has 1 N–H and O–H groups in total. The number of ether oxygens (including phenoxy) is 1. The van der Waals surface area contributed by atoms with Gasteiger partial charge in [0.25, 0.3) is 5.56 Å². The summed E-state index contributed by atoms with van der Waals surface area (Å²) >= 11 is 0. The molecule has 1 aliphatic heterocycles. The Morgan fingerprint density at radius 2 is 1.86 bits per heavy atom. The number of hydrogen-bond donors (Lipinski definition) is 1. The molecule has 4 heterocycles. The first-order valence-electron chi connectivity index (χ1n) is 11.4. The fourth-order valence-electron chi connectivity index (χ4n) is 4.10. The summed E-state index contributed by atoms with van der Waals surface area (Å²) in [6.07, 6.45) is -0.274. The number of aromatic nitrogens is 6. The van der Waals surface area contributed by atoms with Crippen molar-refractivity contribution in [2.45, 2.75) is 32.6 Å². The second-order valence-electron chi connectivity index (χ2n) is 8.37. The minimum absolute atomic E-state index is 0.186. The number of nitrogens with one attached hydrogen (secondary N) is 1. The minimum Gasteiger partial charge on any atom is -0.378 e. The molecule has 0 saturated carbocycles. The molecular formula is C23H24F3N7O2. The van der Waals surface area contributed by atoms with Gasteiger partial charge in [0.15, 0.2) is 11.2 Å². The highest BCUT2D eigenvalue weighted by Gasteiger charge is 2.30. The number of halogens is 3. The Balaban J connectivity index is 1.43. The Morgan fingerprint density at radius 3 is 2.54 bits per heavy atom. The van der Waals surface area contributed by atoms with Crippen LogP contribution in [0.4, 0.5) is 19.1 Å². The van der Waals surface area contributed by atoms with Crippen LogP contribution in [0.5, 0.6) is 0 Å². The van der Waals surface area contributed by atoms with Gasteiger partial charge in [-0.15, -0.1) is 0 Å². The topological polar surface area (TPSA) is 93.9 Å². The molecule has 0 radical (unpaired) electrons. The number of benzene rings is 1. The number of morpholine rings is 1. The number of imidazole rings is 1. The van der Waals surface area contributed by atoms with Crippen molar-refractivity contribution in [1.29, 1.82) is 0 Å². The summed E-state index contributed by atoms with van der Waals surface area (Å²) in [6, 6.07) is 4.97. The predicted octanol–water partition coefficient (Wildman–Crippen LogP) is 3.30. The smallest absolute Gasteiger partial charge is 0.378 e. The third kappa shape index (κ3) is 4.65. The van der Waals surface area contributed by atoms with Crippen LogP contribution in [-0.4, -0.2) is 55.6 Å². The van der Waals surface area contributed by atoms with Crippen LogP contribution in [0.25, 0.3) is 22.6 Å². The monoisotopic (exact) mass is 487 g/mol. The first-order valence-corrected chi connectivity index (χ1v) is 11.4. The highest BCUT2D eigenvalue weighted by Crippen LogP contribution is 2.29. The quantitative estimate of drug-likeness (QED) is 0.449. The van der Waals surface area contributed by atoms with Crippen LogP contribution in [0.15, 0.2) is 41.5 Å². The second-order valence-corrected chi connectivity index (χ2v) is 8.37. The van der Waals surface area contributed by atoms with E-state index in [1.54, 1.807) is 21.6 Å². The molecule has 4 aromatic rings. The van der Waals surface area contributed by atoms with Gasteiger partial charge in [-0.3, -0.25) is 14.0 Å². The van der Waals surface area contributed by atoms with Crippen molar-refractivity contribution < 1.29 is 17.9 Å². The van der Waals surface area contributed by atoms with E-state index in [-0.39, 0.29) is 5.56 Å². The summed E-state index contributed by atoms with van der Waals surface area (Å²) in [6.45, 7) is 5.28. The van der Waals surface area contributed by atoms with Gasteiger partial charge in [0.1, 0.15) is 5.82 Å². The van der Waals surface area contributed by atoms with Gasteiger partial charge in [0.2, 0.25) is 5.95 Å². The van der Waals surface area contributed by atoms with E-state index in [2.05, 4.69) is 15.1 Å². The number of aromatic amines is 1. The number of H-pyrrole nitrogens is 1. The van der Waals surface area contributed by atoms with Gasteiger partial charge in [0.05, 0.1) is 37.1 Å². The van der Waals surface area contributed by atoms with Crippen LogP contribution in [0.2, 0.25) is 0 Å². The molecule has 12 heteroatoms. The summed E-state index contributed by atoms with van der Waals surface area (Å²) in [7, 11) is 0. The molecule has 0 aliphatic carbocycles. The standard InChI is InChI=1S/C23H24F3N7O2/c1-2-7-33-21(34)18-20(30-22(33)31-8-10-35-11-9-31)29-19(28-18)16-12-27-32(14-16)13-15-3-5-17(6-4-15)23(24,25)26/h3-6,12,14H,2,7-11,13H2,1H3,(H,28,29). The molecule has 0 unspecified atom stereocenters. The maximum atomic E-state index is 13.3. The zero-order valence-electron chi connectivity index (χ0n) is 19.0. The lowest BCUT2D eigenvalue weighted by molar-refractivity contribution is -0.137. The summed E-state index contributed by atoms with van der Waals surface area (Å²) in [5, 5.41) is 4.30. The largest absolute Gasteiger partial charge is 0.416 e. The van der Waals surface area contributed by atoms with Crippen molar-refractivity contribution in [2.75, 3.05) is 31.2 Å². The molecule has 0 amide bonds. The number of nitrogens with zero attached hydrogens (tertiary/aromatic N) is 6. The lowest BCUT2D eigenvalue weighted by atomic mass is 10.1. The summed E-state index contributed by atoms with van der Waals surface area (Å²) in [4.78, 5) is 27.6. The zero-order chi connectivity index (χ0) is 24.6. The number of anilines is 1. The Morgan fingerprint density at radius 1 is 1.11 bits per heavy atom. The zero-order valence-corrected chi connectivity index (χ0v) is 19.0. The third-order valence-corrected chi connectivity index (χ3v) is 5.86. The Bertz CT molecular complexity index is 1380. The van der Waals surface area contributed by atoms with E-state index < -0.39 is 11.7 Å². The van der Waals surface area contributed by atoms with Crippen LogP contribution in [0.1, 0.15) is 24.5 Å². The molecule has 35 heavy (non-hydrogen) atoms. The molecule has 0 atom stereocenters. The van der Waals surface area contributed by atoms with Crippen molar-refractivity contribution in [2.24, 2.45) is 0 Å². The minimum atomic E-state index is -4.37. The molecule has 0 spiro atoms. The average molecular weight is 487 g/mol. The Hall–Kier alpha value is -3.67. The van der Waals surface area contributed by atoms with E-state index in [0.717, 1.165) is 18.6 Å². The highest BCUT2D eigenvalue weighted by atomic mass is 19.4. The molecule has 5 rings (SSSR count). The van der Waals surface area contributed by atoms with Crippen molar-refractivity contribution >= 4 is 17.1 Å². The van der Waals surface area contributed by atoms with Gasteiger partial charge in [-0.1, -0.05) is 19.1 Å². The Kier molecular flexibility index (Phi) is 6.05. The number of fused-ring (bicyclic) bond motifs is 1. The first-order chi connectivity index (χ1) is 16.8. The van der Waals surface area contributed by atoms with Crippen LogP contribution in [0.3, 0.4) is 0 Å².